The molecule has 0 N–H and O–H groups in total. The molecule has 0 bridgehead atoms. The molecular formula is C15H17NO. The third-order valence-corrected chi connectivity index (χ3v) is 3.07. The van der Waals surface area contributed by atoms with E-state index < -0.39 is 0 Å². The minimum Gasteiger partial charge on any atom is -0.299 e. The highest BCUT2D eigenvalue weighted by Crippen LogP contribution is 2.11. The van der Waals surface area contributed by atoms with Crippen molar-refractivity contribution in [3.63, 3.8) is 0 Å². The van der Waals surface area contributed by atoms with E-state index in [-0.39, 0.29) is 5.92 Å². The summed E-state index contributed by atoms with van der Waals surface area (Å²) in [5, 5.41) is 0. The topological polar surface area (TPSA) is 20.3 Å². The quantitative estimate of drug-likeness (QED) is 0.683. The van der Waals surface area contributed by atoms with E-state index >= 15 is 0 Å². The number of rotatable bonds is 1. The zero-order chi connectivity index (χ0) is 12.1. The summed E-state index contributed by atoms with van der Waals surface area (Å²) in [5.41, 5.74) is 1.05. The summed E-state index contributed by atoms with van der Waals surface area (Å²) in [6, 6.07) is 9.99. The van der Waals surface area contributed by atoms with Crippen LogP contribution in [0.4, 0.5) is 0 Å². The molecule has 1 aromatic rings. The zero-order valence-corrected chi connectivity index (χ0v) is 10.1. The van der Waals surface area contributed by atoms with Gasteiger partial charge in [-0.25, -0.2) is 0 Å². The van der Waals surface area contributed by atoms with Gasteiger partial charge < -0.3 is 0 Å². The molecule has 1 aliphatic rings. The highest BCUT2D eigenvalue weighted by atomic mass is 16.1. The molecule has 0 aromatic heterocycles. The van der Waals surface area contributed by atoms with E-state index in [1.54, 1.807) is 0 Å². The van der Waals surface area contributed by atoms with Gasteiger partial charge in [-0.2, -0.15) is 0 Å². The maximum absolute atomic E-state index is 11.4. The molecule has 2 rings (SSSR count). The lowest BCUT2D eigenvalue weighted by Gasteiger charge is -2.27. The number of likely N-dealkylation sites (tertiary alicyclic amines) is 1. The number of carbonyl (C=O) groups is 1. The van der Waals surface area contributed by atoms with Crippen LogP contribution in [0.5, 0.6) is 0 Å². The molecule has 2 heteroatoms. The number of ketones is 1. The second-order valence-electron chi connectivity index (χ2n) is 4.52. The van der Waals surface area contributed by atoms with Crippen molar-refractivity contribution >= 4 is 5.78 Å². The van der Waals surface area contributed by atoms with E-state index in [2.05, 4.69) is 16.7 Å². The van der Waals surface area contributed by atoms with Crippen molar-refractivity contribution in [3.8, 4) is 11.8 Å². The summed E-state index contributed by atoms with van der Waals surface area (Å²) in [6.07, 6.45) is 0.675. The average Bonchev–Trinajstić information content (AvgIpc) is 2.35. The molecule has 1 saturated heterocycles. The Hall–Kier alpha value is -1.59. The van der Waals surface area contributed by atoms with Crippen LogP contribution >= 0.6 is 0 Å². The van der Waals surface area contributed by atoms with Gasteiger partial charge in [-0.15, -0.1) is 0 Å². The van der Waals surface area contributed by atoms with E-state index in [0.717, 1.165) is 25.2 Å². The first-order chi connectivity index (χ1) is 8.25. The van der Waals surface area contributed by atoms with Gasteiger partial charge in [0.25, 0.3) is 0 Å². The van der Waals surface area contributed by atoms with Crippen LogP contribution < -0.4 is 0 Å². The molecule has 1 heterocycles. The van der Waals surface area contributed by atoms with Crippen molar-refractivity contribution in [1.29, 1.82) is 0 Å². The van der Waals surface area contributed by atoms with E-state index in [4.69, 9.17) is 0 Å². The largest absolute Gasteiger partial charge is 0.299 e. The lowest BCUT2D eigenvalue weighted by atomic mass is 9.99. The Labute approximate surface area is 103 Å². The van der Waals surface area contributed by atoms with Gasteiger partial charge in [-0.3, -0.25) is 9.69 Å². The summed E-state index contributed by atoms with van der Waals surface area (Å²) < 4.78 is 0. The van der Waals surface area contributed by atoms with Crippen LogP contribution in [0.2, 0.25) is 0 Å². The van der Waals surface area contributed by atoms with Crippen molar-refractivity contribution < 1.29 is 4.79 Å². The van der Waals surface area contributed by atoms with E-state index in [1.807, 2.05) is 37.3 Å². The number of nitrogens with zero attached hydrogens (tertiary/aromatic N) is 1. The number of carbonyl (C=O) groups excluding carboxylic acids is 1. The SMILES string of the molecule is CC1CN(CC#Cc2ccccc2)CCC1=O. The van der Waals surface area contributed by atoms with Gasteiger partial charge in [0.05, 0.1) is 6.54 Å². The molecule has 1 aliphatic heterocycles. The molecule has 17 heavy (non-hydrogen) atoms. The molecular weight excluding hydrogens is 210 g/mol. The fraction of sp³-hybridized carbons (Fsp3) is 0.400. The molecule has 1 unspecified atom stereocenters. The van der Waals surface area contributed by atoms with Crippen LogP contribution in [0.25, 0.3) is 0 Å². The Morgan fingerprint density at radius 3 is 2.82 bits per heavy atom. The number of hydrogen-bond donors (Lipinski definition) is 0. The van der Waals surface area contributed by atoms with E-state index in [9.17, 15) is 4.79 Å². The first-order valence-electron chi connectivity index (χ1n) is 6.04. The third-order valence-electron chi connectivity index (χ3n) is 3.07. The number of piperidine rings is 1. The fourth-order valence-electron chi connectivity index (χ4n) is 2.01. The summed E-state index contributed by atoms with van der Waals surface area (Å²) in [5.74, 6) is 6.87. The first-order valence-corrected chi connectivity index (χ1v) is 6.04. The fourth-order valence-corrected chi connectivity index (χ4v) is 2.01. The minimum atomic E-state index is 0.169. The Morgan fingerprint density at radius 1 is 1.35 bits per heavy atom. The predicted molar refractivity (Wildman–Crippen MR) is 68.5 cm³/mol. The lowest BCUT2D eigenvalue weighted by Crippen LogP contribution is -2.39. The maximum Gasteiger partial charge on any atom is 0.138 e. The molecule has 1 fully saturated rings. The predicted octanol–water partition coefficient (Wildman–Crippen LogP) is 1.95. The monoisotopic (exact) mass is 227 g/mol. The van der Waals surface area contributed by atoms with Crippen molar-refractivity contribution in [1.82, 2.24) is 4.90 Å². The average molecular weight is 227 g/mol. The third kappa shape index (κ3) is 3.44. The Balaban J connectivity index is 1.87. The molecule has 0 amide bonds. The van der Waals surface area contributed by atoms with Crippen molar-refractivity contribution in [2.24, 2.45) is 5.92 Å². The van der Waals surface area contributed by atoms with Gasteiger partial charge in [-0.05, 0) is 12.1 Å². The molecule has 88 valence electrons. The number of Topliss-reactive ketones (excluding diaryl/α,β-unsaturated/α-hetero) is 1. The molecule has 1 atom stereocenters. The lowest BCUT2D eigenvalue weighted by molar-refractivity contribution is -0.125. The van der Waals surface area contributed by atoms with Crippen LogP contribution in [0.15, 0.2) is 30.3 Å². The highest BCUT2D eigenvalue weighted by Gasteiger charge is 2.22. The number of hydrogen-bond acceptors (Lipinski definition) is 2. The molecule has 0 spiro atoms. The number of benzene rings is 1. The van der Waals surface area contributed by atoms with Crippen molar-refractivity contribution in [2.75, 3.05) is 19.6 Å². The molecule has 1 aromatic carbocycles. The second-order valence-corrected chi connectivity index (χ2v) is 4.52. The van der Waals surface area contributed by atoms with Crippen molar-refractivity contribution in [3.05, 3.63) is 35.9 Å². The Bertz CT molecular complexity index is 441. The second kappa shape index (κ2) is 5.65. The van der Waals surface area contributed by atoms with E-state index in [0.29, 0.717) is 12.2 Å². The first kappa shape index (κ1) is 11.9. The van der Waals surface area contributed by atoms with Crippen LogP contribution in [0.3, 0.4) is 0 Å². The summed E-state index contributed by atoms with van der Waals surface area (Å²) >= 11 is 0. The minimum absolute atomic E-state index is 0.169. The van der Waals surface area contributed by atoms with Crippen LogP contribution in [0, 0.1) is 17.8 Å². The van der Waals surface area contributed by atoms with Gasteiger partial charge in [0.2, 0.25) is 0 Å². The standard InChI is InChI=1S/C15H17NO/c1-13-12-16(11-9-15(13)17)10-5-8-14-6-3-2-4-7-14/h2-4,6-7,13H,9-12H2,1H3. The molecule has 0 saturated carbocycles. The summed E-state index contributed by atoms with van der Waals surface area (Å²) in [6.45, 7) is 4.46. The maximum atomic E-state index is 11.4. The molecule has 0 radical (unpaired) electrons. The van der Waals surface area contributed by atoms with E-state index in [1.165, 1.54) is 0 Å². The van der Waals surface area contributed by atoms with Gasteiger partial charge >= 0.3 is 0 Å². The molecule has 0 aliphatic carbocycles. The summed E-state index contributed by atoms with van der Waals surface area (Å²) in [4.78, 5) is 13.6. The van der Waals surface area contributed by atoms with Gasteiger partial charge in [0.1, 0.15) is 5.78 Å². The summed E-state index contributed by atoms with van der Waals surface area (Å²) in [7, 11) is 0. The van der Waals surface area contributed by atoms with Crippen LogP contribution in [-0.4, -0.2) is 30.3 Å². The van der Waals surface area contributed by atoms with Crippen molar-refractivity contribution in [2.45, 2.75) is 13.3 Å². The Morgan fingerprint density at radius 2 is 2.12 bits per heavy atom. The Kier molecular flexibility index (Phi) is 3.95. The van der Waals surface area contributed by atoms with Crippen LogP contribution in [0.1, 0.15) is 18.9 Å². The van der Waals surface area contributed by atoms with Gasteiger partial charge in [0, 0.05) is 31.0 Å². The molecule has 2 nitrogen and oxygen atoms in total. The zero-order valence-electron chi connectivity index (χ0n) is 10.1. The normalized spacial score (nSPS) is 20.8. The highest BCUT2D eigenvalue weighted by molar-refractivity contribution is 5.81. The van der Waals surface area contributed by atoms with Crippen LogP contribution in [-0.2, 0) is 4.79 Å². The van der Waals surface area contributed by atoms with Gasteiger partial charge in [-0.1, -0.05) is 37.0 Å². The smallest absolute Gasteiger partial charge is 0.138 e. The van der Waals surface area contributed by atoms with Gasteiger partial charge in [0.15, 0.2) is 0 Å².